The Kier molecular flexibility index (Phi) is 6.94. The van der Waals surface area contributed by atoms with Crippen LogP contribution < -0.4 is 5.32 Å². The highest BCUT2D eigenvalue weighted by molar-refractivity contribution is 4.69. The minimum atomic E-state index is -4.33. The maximum atomic E-state index is 12.3. The van der Waals surface area contributed by atoms with Crippen LogP contribution in [0.1, 0.15) is 20.8 Å². The molecule has 0 aromatic carbocycles. The minimum Gasteiger partial charge on any atom is -0.382 e. The van der Waals surface area contributed by atoms with E-state index < -0.39 is 18.4 Å². The van der Waals surface area contributed by atoms with E-state index in [4.69, 9.17) is 9.47 Å². The van der Waals surface area contributed by atoms with Gasteiger partial charge >= 0.3 is 6.18 Å². The third-order valence-corrected chi connectivity index (χ3v) is 1.96. The molecule has 0 bridgehead atoms. The van der Waals surface area contributed by atoms with Gasteiger partial charge in [-0.15, -0.1) is 0 Å². The van der Waals surface area contributed by atoms with Crippen LogP contribution in [-0.2, 0) is 9.47 Å². The van der Waals surface area contributed by atoms with Gasteiger partial charge in [0, 0.05) is 19.7 Å². The van der Waals surface area contributed by atoms with Gasteiger partial charge in [0.15, 0.2) is 6.10 Å². The zero-order valence-electron chi connectivity index (χ0n) is 10.1. The summed E-state index contributed by atoms with van der Waals surface area (Å²) in [4.78, 5) is 0. The predicted molar refractivity (Wildman–Crippen MR) is 55.4 cm³/mol. The molecule has 0 rings (SSSR count). The summed E-state index contributed by atoms with van der Waals surface area (Å²) in [5, 5.41) is 3.01. The Hall–Kier alpha value is -0.330. The third kappa shape index (κ3) is 7.03. The number of halogens is 3. The summed E-state index contributed by atoms with van der Waals surface area (Å²) in [6.07, 6.45) is -6.70. The second-order valence-electron chi connectivity index (χ2n) is 3.96. The first-order valence-electron chi connectivity index (χ1n) is 5.21. The average Bonchev–Trinajstić information content (AvgIpc) is 2.12. The van der Waals surface area contributed by atoms with Crippen molar-refractivity contribution in [2.75, 3.05) is 20.3 Å². The monoisotopic (exact) mass is 243 g/mol. The molecule has 6 heteroatoms. The minimum absolute atomic E-state index is 0.139. The van der Waals surface area contributed by atoms with Crippen molar-refractivity contribution in [1.82, 2.24) is 5.32 Å². The van der Waals surface area contributed by atoms with Crippen LogP contribution in [0.4, 0.5) is 13.2 Å². The number of hydrogen-bond donors (Lipinski definition) is 1. The summed E-state index contributed by atoms with van der Waals surface area (Å²) in [6.45, 7) is 5.30. The van der Waals surface area contributed by atoms with Crippen LogP contribution in [0.25, 0.3) is 0 Å². The lowest BCUT2D eigenvalue weighted by atomic mass is 10.3. The number of ether oxygens (including phenoxy) is 2. The van der Waals surface area contributed by atoms with Crippen LogP contribution in [0.5, 0.6) is 0 Å². The van der Waals surface area contributed by atoms with E-state index in [0.717, 1.165) is 6.92 Å². The summed E-state index contributed by atoms with van der Waals surface area (Å²) < 4.78 is 46.5. The Morgan fingerprint density at radius 2 is 1.75 bits per heavy atom. The number of rotatable bonds is 7. The molecule has 0 aliphatic heterocycles. The van der Waals surface area contributed by atoms with Gasteiger partial charge < -0.3 is 14.8 Å². The molecule has 98 valence electrons. The molecule has 0 heterocycles. The van der Waals surface area contributed by atoms with Crippen LogP contribution in [0.3, 0.4) is 0 Å². The molecule has 0 saturated heterocycles. The molecule has 0 saturated carbocycles. The smallest absolute Gasteiger partial charge is 0.382 e. The topological polar surface area (TPSA) is 30.5 Å². The van der Waals surface area contributed by atoms with E-state index in [-0.39, 0.29) is 12.6 Å². The van der Waals surface area contributed by atoms with Crippen molar-refractivity contribution in [3.05, 3.63) is 0 Å². The van der Waals surface area contributed by atoms with E-state index in [9.17, 15) is 13.2 Å². The first-order chi connectivity index (χ1) is 7.27. The van der Waals surface area contributed by atoms with Crippen molar-refractivity contribution >= 4 is 0 Å². The molecular formula is C10H20F3NO2. The van der Waals surface area contributed by atoms with Gasteiger partial charge in [0.2, 0.25) is 0 Å². The third-order valence-electron chi connectivity index (χ3n) is 1.96. The maximum absolute atomic E-state index is 12.3. The normalized spacial score (nSPS) is 16.5. The van der Waals surface area contributed by atoms with Crippen molar-refractivity contribution in [2.45, 2.75) is 45.2 Å². The summed E-state index contributed by atoms with van der Waals surface area (Å²) in [6, 6.07) is 0.198. The summed E-state index contributed by atoms with van der Waals surface area (Å²) >= 11 is 0. The van der Waals surface area contributed by atoms with Crippen LogP contribution in [0, 0.1) is 0 Å². The average molecular weight is 243 g/mol. The molecule has 16 heavy (non-hydrogen) atoms. The number of nitrogens with one attached hydrogen (secondary N) is 1. The lowest BCUT2D eigenvalue weighted by molar-refractivity contribution is -0.229. The van der Waals surface area contributed by atoms with Gasteiger partial charge in [-0.2, -0.15) is 13.2 Å². The molecule has 3 nitrogen and oxygen atoms in total. The molecular weight excluding hydrogens is 223 g/mol. The first kappa shape index (κ1) is 15.7. The Morgan fingerprint density at radius 3 is 2.12 bits per heavy atom. The molecule has 2 atom stereocenters. The van der Waals surface area contributed by atoms with Crippen molar-refractivity contribution in [3.8, 4) is 0 Å². The molecule has 0 aliphatic carbocycles. The number of methoxy groups -OCH3 is 1. The van der Waals surface area contributed by atoms with E-state index in [1.807, 2.05) is 13.8 Å². The molecule has 0 spiro atoms. The van der Waals surface area contributed by atoms with Gasteiger partial charge in [-0.3, -0.25) is 0 Å². The molecule has 1 N–H and O–H groups in total. The van der Waals surface area contributed by atoms with Crippen molar-refractivity contribution < 1.29 is 22.6 Å². The molecule has 0 aromatic rings. The van der Waals surface area contributed by atoms with Gasteiger partial charge in [0.1, 0.15) is 0 Å². The van der Waals surface area contributed by atoms with E-state index in [0.29, 0.717) is 6.54 Å². The Balaban J connectivity index is 4.11. The Bertz CT molecular complexity index is 185. The molecule has 0 aromatic heterocycles. The van der Waals surface area contributed by atoms with Crippen LogP contribution in [0.15, 0.2) is 0 Å². The van der Waals surface area contributed by atoms with Gasteiger partial charge in [-0.1, -0.05) is 13.8 Å². The summed E-state index contributed by atoms with van der Waals surface area (Å²) in [5.74, 6) is 0. The number of alkyl halides is 3. The number of hydrogen-bond acceptors (Lipinski definition) is 3. The van der Waals surface area contributed by atoms with E-state index in [1.165, 1.54) is 7.11 Å². The largest absolute Gasteiger partial charge is 0.414 e. The van der Waals surface area contributed by atoms with Crippen LogP contribution in [0.2, 0.25) is 0 Å². The zero-order valence-corrected chi connectivity index (χ0v) is 10.1. The first-order valence-corrected chi connectivity index (χ1v) is 5.21. The Morgan fingerprint density at radius 1 is 1.19 bits per heavy atom. The highest BCUT2D eigenvalue weighted by Crippen LogP contribution is 2.23. The second-order valence-corrected chi connectivity index (χ2v) is 3.96. The fourth-order valence-corrected chi connectivity index (χ4v) is 1.07. The van der Waals surface area contributed by atoms with Crippen LogP contribution in [-0.4, -0.2) is 44.7 Å². The summed E-state index contributed by atoms with van der Waals surface area (Å²) in [7, 11) is 1.43. The lowest BCUT2D eigenvalue weighted by Crippen LogP contribution is -2.41. The standard InChI is InChI=1S/C10H20F3NO2/c1-7(2)14-5-9(6-15-4)16-8(3)10(11,12)13/h7-9,14H,5-6H2,1-4H3. The van der Waals surface area contributed by atoms with E-state index in [2.05, 4.69) is 5.32 Å². The SMILES string of the molecule is COCC(CNC(C)C)OC(C)C(F)(F)F. The molecule has 0 fully saturated rings. The quantitative estimate of drug-likeness (QED) is 0.741. The maximum Gasteiger partial charge on any atom is 0.414 e. The fraction of sp³-hybridized carbons (Fsp3) is 1.00. The predicted octanol–water partition coefficient (Wildman–Crippen LogP) is 1.97. The molecule has 0 aliphatic rings. The van der Waals surface area contributed by atoms with Gasteiger partial charge in [-0.25, -0.2) is 0 Å². The molecule has 0 radical (unpaired) electrons. The van der Waals surface area contributed by atoms with Gasteiger partial charge in [0.25, 0.3) is 0 Å². The molecule has 0 amide bonds. The van der Waals surface area contributed by atoms with Gasteiger partial charge in [-0.05, 0) is 6.92 Å². The molecule has 2 unspecified atom stereocenters. The zero-order chi connectivity index (χ0) is 12.8. The fourth-order valence-electron chi connectivity index (χ4n) is 1.07. The van der Waals surface area contributed by atoms with Crippen LogP contribution >= 0.6 is 0 Å². The highest BCUT2D eigenvalue weighted by atomic mass is 19.4. The van der Waals surface area contributed by atoms with Crippen molar-refractivity contribution in [1.29, 1.82) is 0 Å². The van der Waals surface area contributed by atoms with Gasteiger partial charge in [0.05, 0.1) is 12.7 Å². The lowest BCUT2D eigenvalue weighted by Gasteiger charge is -2.24. The van der Waals surface area contributed by atoms with Crippen molar-refractivity contribution in [3.63, 3.8) is 0 Å². The Labute approximate surface area is 94.3 Å². The second kappa shape index (κ2) is 7.09. The van der Waals surface area contributed by atoms with E-state index >= 15 is 0 Å². The summed E-state index contributed by atoms with van der Waals surface area (Å²) in [5.41, 5.74) is 0. The van der Waals surface area contributed by atoms with E-state index in [1.54, 1.807) is 0 Å². The highest BCUT2D eigenvalue weighted by Gasteiger charge is 2.38. The van der Waals surface area contributed by atoms with Crippen molar-refractivity contribution in [2.24, 2.45) is 0 Å².